The third-order valence-corrected chi connectivity index (χ3v) is 6.50. The van der Waals surface area contributed by atoms with E-state index in [1.807, 2.05) is 12.1 Å². The Labute approximate surface area is 127 Å². The summed E-state index contributed by atoms with van der Waals surface area (Å²) in [7, 11) is -3.20. The second-order valence-corrected chi connectivity index (χ2v) is 8.22. The first-order valence-electron chi connectivity index (χ1n) is 7.87. The maximum absolute atomic E-state index is 12.8. The molecular weight excluding hydrogens is 284 g/mol. The highest BCUT2D eigenvalue weighted by atomic mass is 32.2. The topological polar surface area (TPSA) is 49.4 Å². The Morgan fingerprint density at radius 1 is 1.29 bits per heavy atom. The molecule has 3 rings (SSSR count). The second kappa shape index (κ2) is 5.97. The van der Waals surface area contributed by atoms with Crippen molar-refractivity contribution in [3.05, 3.63) is 29.3 Å². The molecule has 4 nitrogen and oxygen atoms in total. The predicted octanol–water partition coefficient (Wildman–Crippen LogP) is 2.08. The van der Waals surface area contributed by atoms with Crippen LogP contribution < -0.4 is 9.62 Å². The fourth-order valence-corrected chi connectivity index (χ4v) is 5.41. The molecule has 1 saturated heterocycles. The van der Waals surface area contributed by atoms with Gasteiger partial charge < -0.3 is 5.32 Å². The van der Waals surface area contributed by atoms with Crippen LogP contribution >= 0.6 is 0 Å². The molecule has 0 saturated carbocycles. The van der Waals surface area contributed by atoms with Crippen LogP contribution in [-0.2, 0) is 16.4 Å². The van der Waals surface area contributed by atoms with Crippen molar-refractivity contribution < 1.29 is 8.42 Å². The number of anilines is 1. The van der Waals surface area contributed by atoms with Crippen molar-refractivity contribution in [3.8, 4) is 0 Å². The SMILES string of the molecule is Cc1ccc2c(c1)CCCN2S(=O)(=O)CC1CCNCC1. The number of nitrogens with one attached hydrogen (secondary N) is 1. The van der Waals surface area contributed by atoms with Crippen molar-refractivity contribution >= 4 is 15.7 Å². The van der Waals surface area contributed by atoms with Gasteiger partial charge in [0.1, 0.15) is 0 Å². The number of sulfonamides is 1. The van der Waals surface area contributed by atoms with Crippen LogP contribution in [0.3, 0.4) is 0 Å². The van der Waals surface area contributed by atoms with Crippen molar-refractivity contribution in [2.75, 3.05) is 29.7 Å². The van der Waals surface area contributed by atoms with Crippen LogP contribution in [-0.4, -0.2) is 33.8 Å². The summed E-state index contributed by atoms with van der Waals surface area (Å²) >= 11 is 0. The van der Waals surface area contributed by atoms with E-state index in [1.54, 1.807) is 4.31 Å². The third kappa shape index (κ3) is 3.24. The van der Waals surface area contributed by atoms with E-state index in [2.05, 4.69) is 18.3 Å². The molecule has 2 heterocycles. The molecule has 116 valence electrons. The molecule has 2 aliphatic heterocycles. The number of nitrogens with zero attached hydrogens (tertiary/aromatic N) is 1. The standard InChI is InChI=1S/C16H24N2O2S/c1-13-4-5-16-15(11-13)3-2-10-18(16)21(19,20)12-14-6-8-17-9-7-14/h4-5,11,14,17H,2-3,6-10,12H2,1H3. The average molecular weight is 308 g/mol. The number of piperidine rings is 1. The number of hydrogen-bond donors (Lipinski definition) is 1. The summed E-state index contributed by atoms with van der Waals surface area (Å²) in [5.41, 5.74) is 3.28. The number of aryl methyl sites for hydroxylation is 2. The molecule has 0 amide bonds. The molecule has 0 unspecified atom stereocenters. The van der Waals surface area contributed by atoms with Gasteiger partial charge >= 0.3 is 0 Å². The third-order valence-electron chi connectivity index (χ3n) is 4.55. The lowest BCUT2D eigenvalue weighted by atomic mass is 10.0. The molecule has 1 aromatic carbocycles. The first-order chi connectivity index (χ1) is 10.1. The number of hydrogen-bond acceptors (Lipinski definition) is 3. The fourth-order valence-electron chi connectivity index (χ4n) is 3.42. The van der Waals surface area contributed by atoms with E-state index in [1.165, 1.54) is 11.1 Å². The maximum atomic E-state index is 12.8. The van der Waals surface area contributed by atoms with Gasteiger partial charge in [0.15, 0.2) is 0 Å². The summed E-state index contributed by atoms with van der Waals surface area (Å²) in [6, 6.07) is 6.11. The summed E-state index contributed by atoms with van der Waals surface area (Å²) < 4.78 is 27.3. The van der Waals surface area contributed by atoms with Crippen LogP contribution in [0.15, 0.2) is 18.2 Å². The van der Waals surface area contributed by atoms with Crippen LogP contribution in [0.2, 0.25) is 0 Å². The number of fused-ring (bicyclic) bond motifs is 1. The van der Waals surface area contributed by atoms with E-state index in [4.69, 9.17) is 0 Å². The highest BCUT2D eigenvalue weighted by molar-refractivity contribution is 7.92. The maximum Gasteiger partial charge on any atom is 0.235 e. The molecule has 2 aliphatic rings. The van der Waals surface area contributed by atoms with Gasteiger partial charge in [-0.3, -0.25) is 4.31 Å². The van der Waals surface area contributed by atoms with Gasteiger partial charge in [0.25, 0.3) is 0 Å². The highest BCUT2D eigenvalue weighted by Gasteiger charge is 2.30. The Morgan fingerprint density at radius 2 is 2.05 bits per heavy atom. The summed E-state index contributed by atoms with van der Waals surface area (Å²) in [5.74, 6) is 0.592. The Bertz CT molecular complexity index is 607. The van der Waals surface area contributed by atoms with Gasteiger partial charge in [-0.25, -0.2) is 8.42 Å². The predicted molar refractivity (Wildman–Crippen MR) is 86.2 cm³/mol. The smallest absolute Gasteiger partial charge is 0.235 e. The van der Waals surface area contributed by atoms with Gasteiger partial charge in [-0.15, -0.1) is 0 Å². The summed E-state index contributed by atoms with van der Waals surface area (Å²) in [4.78, 5) is 0. The minimum absolute atomic E-state index is 0.294. The average Bonchev–Trinajstić information content (AvgIpc) is 2.47. The Kier molecular flexibility index (Phi) is 4.22. The van der Waals surface area contributed by atoms with Crippen LogP contribution in [0.4, 0.5) is 5.69 Å². The molecule has 0 radical (unpaired) electrons. The summed E-state index contributed by atoms with van der Waals surface area (Å²) in [5, 5.41) is 3.29. The van der Waals surface area contributed by atoms with Crippen molar-refractivity contribution in [1.82, 2.24) is 5.32 Å². The zero-order valence-electron chi connectivity index (χ0n) is 12.6. The van der Waals surface area contributed by atoms with E-state index in [9.17, 15) is 8.42 Å². The first kappa shape index (κ1) is 14.9. The van der Waals surface area contributed by atoms with E-state index in [0.717, 1.165) is 44.5 Å². The lowest BCUT2D eigenvalue weighted by Crippen LogP contribution is -2.40. The first-order valence-corrected chi connectivity index (χ1v) is 9.48. The lowest BCUT2D eigenvalue weighted by molar-refractivity contribution is 0.401. The van der Waals surface area contributed by atoms with Crippen molar-refractivity contribution in [2.45, 2.75) is 32.6 Å². The Morgan fingerprint density at radius 3 is 2.81 bits per heavy atom. The monoisotopic (exact) mass is 308 g/mol. The molecule has 1 N–H and O–H groups in total. The van der Waals surface area contributed by atoms with E-state index in [-0.39, 0.29) is 0 Å². The molecule has 21 heavy (non-hydrogen) atoms. The largest absolute Gasteiger partial charge is 0.317 e. The van der Waals surface area contributed by atoms with Crippen molar-refractivity contribution in [3.63, 3.8) is 0 Å². The van der Waals surface area contributed by atoms with Crippen molar-refractivity contribution in [1.29, 1.82) is 0 Å². The van der Waals surface area contributed by atoms with Crippen molar-refractivity contribution in [2.24, 2.45) is 5.92 Å². The van der Waals surface area contributed by atoms with E-state index in [0.29, 0.717) is 18.2 Å². The Balaban J connectivity index is 1.83. The number of benzene rings is 1. The zero-order chi connectivity index (χ0) is 14.9. The minimum atomic E-state index is -3.20. The fraction of sp³-hybridized carbons (Fsp3) is 0.625. The van der Waals surface area contributed by atoms with E-state index < -0.39 is 10.0 Å². The summed E-state index contributed by atoms with van der Waals surface area (Å²) in [6.07, 6.45) is 3.83. The Hall–Kier alpha value is -1.07. The molecular formula is C16H24N2O2S. The summed E-state index contributed by atoms with van der Waals surface area (Å²) in [6.45, 7) is 4.57. The van der Waals surface area contributed by atoms with Crippen LogP contribution in [0.25, 0.3) is 0 Å². The second-order valence-electron chi connectivity index (χ2n) is 6.28. The molecule has 0 bridgehead atoms. The molecule has 1 aromatic rings. The number of rotatable bonds is 3. The molecule has 5 heteroatoms. The van der Waals surface area contributed by atoms with Crippen LogP contribution in [0, 0.1) is 12.8 Å². The molecule has 0 aliphatic carbocycles. The minimum Gasteiger partial charge on any atom is -0.317 e. The van der Waals surface area contributed by atoms with Gasteiger partial charge in [0.05, 0.1) is 11.4 Å². The van der Waals surface area contributed by atoms with Crippen LogP contribution in [0.1, 0.15) is 30.4 Å². The molecule has 0 spiro atoms. The molecule has 0 atom stereocenters. The molecule has 1 fully saturated rings. The van der Waals surface area contributed by atoms with Crippen LogP contribution in [0.5, 0.6) is 0 Å². The highest BCUT2D eigenvalue weighted by Crippen LogP contribution is 2.31. The van der Waals surface area contributed by atoms with Gasteiger partial charge in [-0.2, -0.15) is 0 Å². The molecule has 0 aromatic heterocycles. The quantitative estimate of drug-likeness (QED) is 0.930. The van der Waals surface area contributed by atoms with E-state index >= 15 is 0 Å². The van der Waals surface area contributed by atoms with Gasteiger partial charge in [-0.1, -0.05) is 17.7 Å². The van der Waals surface area contributed by atoms with Gasteiger partial charge in [0.2, 0.25) is 10.0 Å². The normalized spacial score (nSPS) is 20.3. The lowest BCUT2D eigenvalue weighted by Gasteiger charge is -2.32. The zero-order valence-corrected chi connectivity index (χ0v) is 13.5. The van der Waals surface area contributed by atoms with Gasteiger partial charge in [-0.05, 0) is 63.2 Å². The van der Waals surface area contributed by atoms with Gasteiger partial charge in [0, 0.05) is 6.54 Å².